The molecule has 0 radical (unpaired) electrons. The van der Waals surface area contributed by atoms with Crippen LogP contribution in [0.15, 0.2) is 18.2 Å². The second-order valence-corrected chi connectivity index (χ2v) is 3.69. The van der Waals surface area contributed by atoms with E-state index < -0.39 is 11.9 Å². The van der Waals surface area contributed by atoms with Crippen molar-refractivity contribution in [3.63, 3.8) is 0 Å². The Morgan fingerprint density at radius 3 is 2.61 bits per heavy atom. The van der Waals surface area contributed by atoms with E-state index in [2.05, 4.69) is 10.6 Å². The third kappa shape index (κ3) is 3.13. The van der Waals surface area contributed by atoms with Crippen LogP contribution in [-0.2, 0) is 4.79 Å². The fourth-order valence-electron chi connectivity index (χ4n) is 1.38. The predicted molar refractivity (Wildman–Crippen MR) is 65.7 cm³/mol. The van der Waals surface area contributed by atoms with E-state index in [1.165, 1.54) is 32.4 Å². The molecule has 1 aromatic carbocycles. The van der Waals surface area contributed by atoms with Gasteiger partial charge in [-0.05, 0) is 25.1 Å². The fourth-order valence-corrected chi connectivity index (χ4v) is 1.38. The minimum Gasteiger partial charge on any atom is -0.507 e. The first-order chi connectivity index (χ1) is 8.49. The second-order valence-electron chi connectivity index (χ2n) is 3.69. The molecule has 98 valence electrons. The number of aromatic hydroxyl groups is 1. The van der Waals surface area contributed by atoms with Gasteiger partial charge in [-0.1, -0.05) is 0 Å². The maximum Gasteiger partial charge on any atom is 0.255 e. The summed E-state index contributed by atoms with van der Waals surface area (Å²) in [6, 6.07) is 3.61. The molecule has 1 unspecified atom stereocenters. The normalized spacial score (nSPS) is 11.5. The average molecular weight is 252 g/mol. The van der Waals surface area contributed by atoms with Crippen molar-refractivity contribution in [1.29, 1.82) is 0 Å². The van der Waals surface area contributed by atoms with E-state index in [-0.39, 0.29) is 17.2 Å². The lowest BCUT2D eigenvalue weighted by atomic mass is 10.1. The number of likely N-dealkylation sites (N-methyl/N-ethyl adjacent to an activating group) is 1. The summed E-state index contributed by atoms with van der Waals surface area (Å²) in [6.45, 7) is 1.55. The van der Waals surface area contributed by atoms with Crippen molar-refractivity contribution < 1.29 is 19.4 Å². The zero-order chi connectivity index (χ0) is 13.7. The van der Waals surface area contributed by atoms with Crippen molar-refractivity contribution in [3.8, 4) is 11.5 Å². The number of phenolic OH excluding ortho intramolecular Hbond substituents is 1. The van der Waals surface area contributed by atoms with Crippen LogP contribution in [0.3, 0.4) is 0 Å². The molecule has 1 atom stereocenters. The molecule has 0 bridgehead atoms. The second kappa shape index (κ2) is 5.90. The summed E-state index contributed by atoms with van der Waals surface area (Å²) in [6.07, 6.45) is 0. The number of nitrogens with one attached hydrogen (secondary N) is 2. The van der Waals surface area contributed by atoms with E-state index >= 15 is 0 Å². The number of benzene rings is 1. The highest BCUT2D eigenvalue weighted by molar-refractivity contribution is 5.99. The van der Waals surface area contributed by atoms with Crippen LogP contribution in [0, 0.1) is 0 Å². The number of rotatable bonds is 4. The molecule has 3 N–H and O–H groups in total. The minimum atomic E-state index is -0.687. The first-order valence-corrected chi connectivity index (χ1v) is 5.39. The molecule has 0 spiro atoms. The highest BCUT2D eigenvalue weighted by Gasteiger charge is 2.18. The van der Waals surface area contributed by atoms with Gasteiger partial charge < -0.3 is 20.5 Å². The predicted octanol–water partition coefficient (Wildman–Crippen LogP) is 0.265. The molecule has 18 heavy (non-hydrogen) atoms. The van der Waals surface area contributed by atoms with Crippen LogP contribution in [0.5, 0.6) is 11.5 Å². The Hall–Kier alpha value is -2.24. The maximum atomic E-state index is 11.9. The minimum absolute atomic E-state index is 0.0603. The fraction of sp³-hybridized carbons (Fsp3) is 0.333. The molecular formula is C12H16N2O4. The number of hydrogen-bond acceptors (Lipinski definition) is 4. The average Bonchev–Trinajstić information content (AvgIpc) is 2.38. The van der Waals surface area contributed by atoms with E-state index in [0.717, 1.165) is 0 Å². The van der Waals surface area contributed by atoms with Crippen LogP contribution in [-0.4, -0.2) is 37.1 Å². The summed E-state index contributed by atoms with van der Waals surface area (Å²) < 4.78 is 4.96. The Balaban J connectivity index is 2.87. The van der Waals surface area contributed by atoms with Crippen LogP contribution < -0.4 is 15.4 Å². The topological polar surface area (TPSA) is 87.7 Å². The van der Waals surface area contributed by atoms with Crippen molar-refractivity contribution >= 4 is 11.8 Å². The molecule has 6 heteroatoms. The molecule has 0 saturated heterocycles. The van der Waals surface area contributed by atoms with Crippen LogP contribution in [0.4, 0.5) is 0 Å². The van der Waals surface area contributed by atoms with Crippen molar-refractivity contribution in [2.45, 2.75) is 13.0 Å². The van der Waals surface area contributed by atoms with Gasteiger partial charge in [0.25, 0.3) is 5.91 Å². The molecule has 2 amide bonds. The number of methoxy groups -OCH3 is 1. The first kappa shape index (κ1) is 13.8. The van der Waals surface area contributed by atoms with Crippen molar-refractivity contribution in [2.75, 3.05) is 14.2 Å². The van der Waals surface area contributed by atoms with Gasteiger partial charge in [-0.25, -0.2) is 0 Å². The van der Waals surface area contributed by atoms with Crippen molar-refractivity contribution in [1.82, 2.24) is 10.6 Å². The molecule has 0 fully saturated rings. The SMILES string of the molecule is CNC(=O)C(C)NC(=O)c1cc(OC)ccc1O. The molecule has 0 saturated carbocycles. The monoisotopic (exact) mass is 252 g/mol. The number of carbonyl (C=O) groups excluding carboxylic acids is 2. The summed E-state index contributed by atoms with van der Waals surface area (Å²) in [4.78, 5) is 23.1. The quantitative estimate of drug-likeness (QED) is 0.717. The number of hydrogen-bond donors (Lipinski definition) is 3. The Bertz CT molecular complexity index is 459. The smallest absolute Gasteiger partial charge is 0.255 e. The first-order valence-electron chi connectivity index (χ1n) is 5.39. The van der Waals surface area contributed by atoms with Gasteiger partial charge in [-0.2, -0.15) is 0 Å². The van der Waals surface area contributed by atoms with Gasteiger partial charge in [0.1, 0.15) is 17.5 Å². The summed E-state index contributed by atoms with van der Waals surface area (Å²) >= 11 is 0. The lowest BCUT2D eigenvalue weighted by molar-refractivity contribution is -0.122. The van der Waals surface area contributed by atoms with Gasteiger partial charge in [-0.3, -0.25) is 9.59 Å². The summed E-state index contributed by atoms with van der Waals surface area (Å²) in [5.74, 6) is -0.573. The van der Waals surface area contributed by atoms with Crippen LogP contribution in [0.2, 0.25) is 0 Å². The summed E-state index contributed by atoms with van der Waals surface area (Å²) in [5, 5.41) is 14.5. The van der Waals surface area contributed by atoms with Gasteiger partial charge in [0, 0.05) is 7.05 Å². The lowest BCUT2D eigenvalue weighted by Crippen LogP contribution is -2.43. The van der Waals surface area contributed by atoms with Crippen LogP contribution in [0.25, 0.3) is 0 Å². The molecule has 0 aliphatic heterocycles. The van der Waals surface area contributed by atoms with E-state index in [9.17, 15) is 14.7 Å². The Morgan fingerprint density at radius 2 is 2.06 bits per heavy atom. The zero-order valence-corrected chi connectivity index (χ0v) is 10.5. The highest BCUT2D eigenvalue weighted by atomic mass is 16.5. The number of carbonyl (C=O) groups is 2. The van der Waals surface area contributed by atoms with E-state index in [1.54, 1.807) is 6.92 Å². The van der Waals surface area contributed by atoms with Gasteiger partial charge >= 0.3 is 0 Å². The van der Waals surface area contributed by atoms with Crippen molar-refractivity contribution in [2.24, 2.45) is 0 Å². The Morgan fingerprint density at radius 1 is 1.39 bits per heavy atom. The molecule has 0 aliphatic rings. The summed E-state index contributed by atoms with van der Waals surface area (Å²) in [5.41, 5.74) is 0.0603. The highest BCUT2D eigenvalue weighted by Crippen LogP contribution is 2.22. The molecule has 0 heterocycles. The van der Waals surface area contributed by atoms with Crippen molar-refractivity contribution in [3.05, 3.63) is 23.8 Å². The van der Waals surface area contributed by atoms with Crippen LogP contribution in [0.1, 0.15) is 17.3 Å². The zero-order valence-electron chi connectivity index (χ0n) is 10.5. The molecular weight excluding hydrogens is 236 g/mol. The standard InChI is InChI=1S/C12H16N2O4/c1-7(11(16)13-2)14-12(17)9-6-8(18-3)4-5-10(9)15/h4-7,15H,1-3H3,(H,13,16)(H,14,17). The molecule has 0 aliphatic carbocycles. The van der Waals surface area contributed by atoms with E-state index in [1.807, 2.05) is 0 Å². The van der Waals surface area contributed by atoms with E-state index in [0.29, 0.717) is 5.75 Å². The Kier molecular flexibility index (Phi) is 4.53. The molecule has 0 aromatic heterocycles. The third-order valence-electron chi connectivity index (χ3n) is 2.44. The maximum absolute atomic E-state index is 11.9. The molecule has 1 rings (SSSR count). The van der Waals surface area contributed by atoms with Gasteiger partial charge in [0.15, 0.2) is 0 Å². The van der Waals surface area contributed by atoms with Gasteiger partial charge in [0.05, 0.1) is 12.7 Å². The number of ether oxygens (including phenoxy) is 1. The largest absolute Gasteiger partial charge is 0.507 e. The number of phenols is 1. The Labute approximate surface area is 105 Å². The van der Waals surface area contributed by atoms with Crippen LogP contribution >= 0.6 is 0 Å². The van der Waals surface area contributed by atoms with Gasteiger partial charge in [-0.15, -0.1) is 0 Å². The molecule has 6 nitrogen and oxygen atoms in total. The molecule has 1 aromatic rings. The third-order valence-corrected chi connectivity index (χ3v) is 2.44. The summed E-state index contributed by atoms with van der Waals surface area (Å²) in [7, 11) is 2.94. The number of amides is 2. The van der Waals surface area contributed by atoms with Gasteiger partial charge in [0.2, 0.25) is 5.91 Å². The lowest BCUT2D eigenvalue weighted by Gasteiger charge is -2.13. The van der Waals surface area contributed by atoms with E-state index in [4.69, 9.17) is 4.74 Å².